The molecule has 5 rings (SSSR count). The van der Waals surface area contributed by atoms with Crippen molar-refractivity contribution in [3.05, 3.63) is 84.2 Å². The summed E-state index contributed by atoms with van der Waals surface area (Å²) in [4.78, 5) is 10.6. The highest BCUT2D eigenvalue weighted by Crippen LogP contribution is 2.47. The van der Waals surface area contributed by atoms with Gasteiger partial charge in [-0.2, -0.15) is 5.10 Å². The van der Waals surface area contributed by atoms with E-state index in [0.29, 0.717) is 18.8 Å². The highest BCUT2D eigenvalue weighted by atomic mass is 16.5. The van der Waals surface area contributed by atoms with Crippen LogP contribution in [0.5, 0.6) is 5.75 Å². The number of methoxy groups -OCH3 is 1. The van der Waals surface area contributed by atoms with Gasteiger partial charge in [0.05, 0.1) is 37.5 Å². The molecule has 2 aliphatic heterocycles. The molecule has 0 radical (unpaired) electrons. The van der Waals surface area contributed by atoms with E-state index in [1.807, 2.05) is 29.3 Å². The van der Waals surface area contributed by atoms with E-state index in [9.17, 15) is 0 Å². The van der Waals surface area contributed by atoms with Gasteiger partial charge in [-0.3, -0.25) is 9.99 Å². The van der Waals surface area contributed by atoms with Gasteiger partial charge in [-0.1, -0.05) is 30.4 Å². The van der Waals surface area contributed by atoms with Gasteiger partial charge in [0.15, 0.2) is 5.82 Å². The minimum atomic E-state index is -0.377. The molecular formula is C21H20N6O. The Kier molecular flexibility index (Phi) is 3.68. The average Bonchev–Trinajstić information content (AvgIpc) is 3.32. The Bertz CT molecular complexity index is 1040. The van der Waals surface area contributed by atoms with Crippen molar-refractivity contribution in [1.29, 1.82) is 0 Å². The van der Waals surface area contributed by atoms with E-state index in [1.54, 1.807) is 25.7 Å². The number of nitrogens with zero attached hydrogens (tertiary/aromatic N) is 5. The summed E-state index contributed by atoms with van der Waals surface area (Å²) >= 11 is 0. The molecule has 0 saturated heterocycles. The molecule has 28 heavy (non-hydrogen) atoms. The van der Waals surface area contributed by atoms with Crippen molar-refractivity contribution < 1.29 is 4.74 Å². The van der Waals surface area contributed by atoms with Crippen LogP contribution in [0.2, 0.25) is 0 Å². The lowest BCUT2D eigenvalue weighted by atomic mass is 9.78. The zero-order chi connectivity index (χ0) is 19.1. The Morgan fingerprint density at radius 1 is 1.25 bits per heavy atom. The third kappa shape index (κ3) is 2.40. The van der Waals surface area contributed by atoms with Crippen molar-refractivity contribution in [1.82, 2.24) is 15.0 Å². The van der Waals surface area contributed by atoms with Crippen LogP contribution in [0.3, 0.4) is 0 Å². The molecule has 1 aromatic carbocycles. The normalized spacial score (nSPS) is 22.4. The number of ether oxygens (including phenoxy) is 1. The Morgan fingerprint density at radius 2 is 2.14 bits per heavy atom. The van der Waals surface area contributed by atoms with Crippen molar-refractivity contribution in [3.63, 3.8) is 0 Å². The summed E-state index contributed by atoms with van der Waals surface area (Å²) in [5.41, 5.74) is 9.75. The van der Waals surface area contributed by atoms with Crippen LogP contribution >= 0.6 is 0 Å². The Balaban J connectivity index is 1.50. The summed E-state index contributed by atoms with van der Waals surface area (Å²) in [6.45, 7) is 1.35. The van der Waals surface area contributed by atoms with E-state index in [2.05, 4.69) is 39.3 Å². The zero-order valence-electron chi connectivity index (χ0n) is 15.5. The summed E-state index contributed by atoms with van der Waals surface area (Å²) in [5.74, 6) is 1.60. The fourth-order valence-electron chi connectivity index (χ4n) is 4.11. The smallest absolute Gasteiger partial charge is 0.155 e. The van der Waals surface area contributed by atoms with Gasteiger partial charge in [-0.05, 0) is 12.1 Å². The van der Waals surface area contributed by atoms with Crippen LogP contribution in [0, 0.1) is 5.41 Å². The largest absolute Gasteiger partial charge is 0.496 e. The summed E-state index contributed by atoms with van der Waals surface area (Å²) < 4.78 is 5.50. The third-order valence-corrected chi connectivity index (χ3v) is 5.33. The molecule has 0 amide bonds. The predicted octanol–water partition coefficient (Wildman–Crippen LogP) is 2.42. The molecule has 7 heteroatoms. The molecule has 1 atom stereocenters. The molecule has 140 valence electrons. The van der Waals surface area contributed by atoms with Gasteiger partial charge >= 0.3 is 0 Å². The second-order valence-electron chi connectivity index (χ2n) is 6.98. The van der Waals surface area contributed by atoms with E-state index < -0.39 is 0 Å². The quantitative estimate of drug-likeness (QED) is 0.888. The van der Waals surface area contributed by atoms with Crippen molar-refractivity contribution in [2.45, 2.75) is 6.54 Å². The van der Waals surface area contributed by atoms with Crippen molar-refractivity contribution in [3.8, 4) is 5.75 Å². The number of hydrogen-bond donors (Lipinski definition) is 1. The molecule has 1 spiro atoms. The molecule has 1 unspecified atom stereocenters. The summed E-state index contributed by atoms with van der Waals surface area (Å²) in [7, 11) is 1.69. The molecule has 2 N–H and O–H groups in total. The van der Waals surface area contributed by atoms with Crippen LogP contribution < -0.4 is 15.4 Å². The number of benzene rings is 1. The van der Waals surface area contributed by atoms with Crippen LogP contribution in [0.15, 0.2) is 83.8 Å². The molecule has 7 nitrogen and oxygen atoms in total. The minimum Gasteiger partial charge on any atom is -0.496 e. The van der Waals surface area contributed by atoms with Crippen molar-refractivity contribution >= 4 is 11.5 Å². The van der Waals surface area contributed by atoms with E-state index in [-0.39, 0.29) is 5.41 Å². The van der Waals surface area contributed by atoms with Gasteiger partial charge in [0, 0.05) is 29.9 Å². The number of nitrogens with two attached hydrogens (primary N) is 1. The molecular weight excluding hydrogens is 352 g/mol. The maximum Gasteiger partial charge on any atom is 0.155 e. The number of rotatable bonds is 4. The predicted molar refractivity (Wildman–Crippen MR) is 107 cm³/mol. The highest BCUT2D eigenvalue weighted by Gasteiger charge is 2.51. The topological polar surface area (TPSA) is 79.9 Å². The first kappa shape index (κ1) is 16.6. The molecule has 2 aromatic rings. The van der Waals surface area contributed by atoms with Crippen LogP contribution in [-0.2, 0) is 6.54 Å². The molecule has 0 fully saturated rings. The number of anilines is 1. The number of allylic oxidation sites excluding steroid dienone is 3. The van der Waals surface area contributed by atoms with E-state index in [4.69, 9.17) is 15.6 Å². The van der Waals surface area contributed by atoms with Crippen molar-refractivity contribution in [2.24, 2.45) is 16.3 Å². The SMILES string of the molecule is COc1ccccc1CN1CC23C=CC=C2N(c2cnccn2)C=C(N)C3=N1. The Labute approximate surface area is 163 Å². The summed E-state index contributed by atoms with van der Waals surface area (Å²) in [6.07, 6.45) is 13.3. The maximum absolute atomic E-state index is 6.44. The lowest BCUT2D eigenvalue weighted by Crippen LogP contribution is -2.44. The summed E-state index contributed by atoms with van der Waals surface area (Å²) in [6, 6.07) is 8.01. The first-order chi connectivity index (χ1) is 13.7. The van der Waals surface area contributed by atoms with Crippen LogP contribution in [0.1, 0.15) is 5.56 Å². The standard InChI is InChI=1S/C21H20N6O/c1-28-17-6-3-2-5-15(17)12-26-14-21-8-4-7-18(21)27(13-16(22)20(21)25-26)19-11-23-9-10-24-19/h2-11,13H,12,14,22H2,1H3. The third-order valence-electron chi connectivity index (χ3n) is 5.33. The molecule has 3 heterocycles. The Morgan fingerprint density at radius 3 is 2.96 bits per heavy atom. The second kappa shape index (κ2) is 6.23. The zero-order valence-corrected chi connectivity index (χ0v) is 15.5. The maximum atomic E-state index is 6.44. The first-order valence-electron chi connectivity index (χ1n) is 9.10. The van der Waals surface area contributed by atoms with Gasteiger partial charge in [0.25, 0.3) is 0 Å². The molecule has 1 aromatic heterocycles. The van der Waals surface area contributed by atoms with Crippen molar-refractivity contribution in [2.75, 3.05) is 18.6 Å². The molecule has 0 bridgehead atoms. The highest BCUT2D eigenvalue weighted by molar-refractivity contribution is 6.10. The van der Waals surface area contributed by atoms with Crippen LogP contribution in [-0.4, -0.2) is 34.3 Å². The van der Waals surface area contributed by atoms with Gasteiger partial charge in [0.1, 0.15) is 11.5 Å². The number of para-hydroxylation sites is 1. The molecule has 1 aliphatic carbocycles. The van der Waals surface area contributed by atoms with E-state index in [1.165, 1.54) is 0 Å². The van der Waals surface area contributed by atoms with Gasteiger partial charge < -0.3 is 15.4 Å². The van der Waals surface area contributed by atoms with Gasteiger partial charge in [-0.25, -0.2) is 4.98 Å². The van der Waals surface area contributed by atoms with Crippen LogP contribution in [0.4, 0.5) is 5.82 Å². The minimum absolute atomic E-state index is 0.377. The number of hydrogen-bond acceptors (Lipinski definition) is 7. The van der Waals surface area contributed by atoms with Gasteiger partial charge in [-0.15, -0.1) is 0 Å². The van der Waals surface area contributed by atoms with Gasteiger partial charge in [0.2, 0.25) is 0 Å². The Hall–Kier alpha value is -3.61. The first-order valence-corrected chi connectivity index (χ1v) is 9.10. The molecule has 0 saturated carbocycles. The molecule has 3 aliphatic rings. The fourth-order valence-corrected chi connectivity index (χ4v) is 4.11. The van der Waals surface area contributed by atoms with E-state index in [0.717, 1.165) is 28.5 Å². The average molecular weight is 372 g/mol. The van der Waals surface area contributed by atoms with E-state index >= 15 is 0 Å². The lowest BCUT2D eigenvalue weighted by Gasteiger charge is -2.37. The number of hydrazone groups is 1. The fraction of sp³-hybridized carbons (Fsp3) is 0.190. The van der Waals surface area contributed by atoms with Crippen LogP contribution in [0.25, 0.3) is 0 Å². The number of aromatic nitrogens is 2. The lowest BCUT2D eigenvalue weighted by molar-refractivity contribution is 0.270. The summed E-state index contributed by atoms with van der Waals surface area (Å²) in [5, 5.41) is 6.92. The second-order valence-corrected chi connectivity index (χ2v) is 6.98. The monoisotopic (exact) mass is 372 g/mol.